The fraction of sp³-hybridized carbons (Fsp3) is 0.500. The lowest BCUT2D eigenvalue weighted by Crippen LogP contribution is -2.40. The van der Waals surface area contributed by atoms with Crippen LogP contribution in [0.1, 0.15) is 24.8 Å². The second kappa shape index (κ2) is 6.75. The van der Waals surface area contributed by atoms with Crippen molar-refractivity contribution in [2.75, 3.05) is 19.7 Å². The van der Waals surface area contributed by atoms with Gasteiger partial charge in [0.2, 0.25) is 10.0 Å². The normalized spacial score (nSPS) is 20.1. The summed E-state index contributed by atoms with van der Waals surface area (Å²) in [7, 11) is -3.73. The monoisotopic (exact) mass is 328 g/mol. The average Bonchev–Trinajstić information content (AvgIpc) is 2.48. The molecule has 0 saturated carbocycles. The summed E-state index contributed by atoms with van der Waals surface area (Å²) >= 11 is 5.87. The van der Waals surface area contributed by atoms with Gasteiger partial charge in [-0.3, -0.25) is 0 Å². The Kier molecular flexibility index (Phi) is 5.22. The van der Waals surface area contributed by atoms with Gasteiger partial charge in [0.1, 0.15) is 11.0 Å². The smallest absolute Gasteiger partial charge is 0.244 e. The minimum Gasteiger partial charge on any atom is -0.396 e. The summed E-state index contributed by atoms with van der Waals surface area (Å²) in [6.45, 7) is 0.862. The molecule has 1 N–H and O–H groups in total. The Morgan fingerprint density at radius 3 is 2.90 bits per heavy atom. The largest absolute Gasteiger partial charge is 0.396 e. The SMILES string of the molecule is N#Cc1ccc(Cl)cc1S(=O)(=O)N1CCCC(CCO)C1. The molecular formula is C14H17ClN2O3S. The Labute approximate surface area is 129 Å². The summed E-state index contributed by atoms with van der Waals surface area (Å²) in [6, 6.07) is 6.15. The van der Waals surface area contributed by atoms with E-state index in [1.807, 2.05) is 6.07 Å². The molecular weight excluding hydrogens is 312 g/mol. The zero-order valence-corrected chi connectivity index (χ0v) is 13.1. The zero-order chi connectivity index (χ0) is 15.5. The number of rotatable bonds is 4. The van der Waals surface area contributed by atoms with Gasteiger partial charge in [0, 0.05) is 24.7 Å². The molecule has 1 aromatic rings. The molecule has 1 fully saturated rings. The van der Waals surface area contributed by atoms with Crippen LogP contribution in [-0.2, 0) is 10.0 Å². The number of nitrogens with zero attached hydrogens (tertiary/aromatic N) is 2. The number of hydrogen-bond donors (Lipinski definition) is 1. The van der Waals surface area contributed by atoms with E-state index in [9.17, 15) is 8.42 Å². The van der Waals surface area contributed by atoms with Gasteiger partial charge in [-0.05, 0) is 43.4 Å². The van der Waals surface area contributed by atoms with Crippen molar-refractivity contribution in [3.8, 4) is 6.07 Å². The zero-order valence-electron chi connectivity index (χ0n) is 11.5. The van der Waals surface area contributed by atoms with Crippen molar-refractivity contribution in [1.29, 1.82) is 5.26 Å². The molecule has 1 unspecified atom stereocenters. The van der Waals surface area contributed by atoms with Crippen LogP contribution in [0.4, 0.5) is 0 Å². The Balaban J connectivity index is 2.34. The van der Waals surface area contributed by atoms with Crippen molar-refractivity contribution < 1.29 is 13.5 Å². The van der Waals surface area contributed by atoms with Crippen LogP contribution in [-0.4, -0.2) is 37.5 Å². The minimum atomic E-state index is -3.73. The number of hydrogen-bond acceptors (Lipinski definition) is 4. The molecule has 1 heterocycles. The molecule has 1 aromatic carbocycles. The van der Waals surface area contributed by atoms with E-state index in [4.69, 9.17) is 22.0 Å². The second-order valence-corrected chi connectivity index (χ2v) is 7.48. The molecule has 0 bridgehead atoms. The quantitative estimate of drug-likeness (QED) is 0.916. The van der Waals surface area contributed by atoms with Gasteiger partial charge in [-0.2, -0.15) is 9.57 Å². The predicted molar refractivity (Wildman–Crippen MR) is 79.4 cm³/mol. The van der Waals surface area contributed by atoms with Crippen molar-refractivity contribution in [3.63, 3.8) is 0 Å². The molecule has 1 aliphatic rings. The third-order valence-electron chi connectivity index (χ3n) is 3.70. The molecule has 0 aromatic heterocycles. The molecule has 1 atom stereocenters. The van der Waals surface area contributed by atoms with Crippen LogP contribution in [0.2, 0.25) is 5.02 Å². The highest BCUT2D eigenvalue weighted by atomic mass is 35.5. The van der Waals surface area contributed by atoms with Crippen LogP contribution in [0.5, 0.6) is 0 Å². The van der Waals surface area contributed by atoms with Crippen LogP contribution in [0.15, 0.2) is 23.1 Å². The fourth-order valence-electron chi connectivity index (χ4n) is 2.60. The molecule has 0 spiro atoms. The summed E-state index contributed by atoms with van der Waals surface area (Å²) in [5.74, 6) is 0.156. The van der Waals surface area contributed by atoms with Crippen LogP contribution in [0.25, 0.3) is 0 Å². The molecule has 1 aliphatic heterocycles. The minimum absolute atomic E-state index is 0.0397. The van der Waals surface area contributed by atoms with Crippen molar-refractivity contribution in [3.05, 3.63) is 28.8 Å². The number of benzene rings is 1. The number of nitriles is 1. The van der Waals surface area contributed by atoms with Gasteiger partial charge in [0.15, 0.2) is 0 Å². The van der Waals surface area contributed by atoms with E-state index in [0.29, 0.717) is 19.5 Å². The fourth-order valence-corrected chi connectivity index (χ4v) is 4.56. The van der Waals surface area contributed by atoms with Crippen molar-refractivity contribution in [1.82, 2.24) is 4.31 Å². The first-order chi connectivity index (χ1) is 9.98. The highest BCUT2D eigenvalue weighted by Crippen LogP contribution is 2.28. The first-order valence-electron chi connectivity index (χ1n) is 6.79. The van der Waals surface area contributed by atoms with Gasteiger partial charge in [0.05, 0.1) is 5.56 Å². The van der Waals surface area contributed by atoms with Gasteiger partial charge in [-0.1, -0.05) is 11.6 Å². The lowest BCUT2D eigenvalue weighted by Gasteiger charge is -2.31. The van der Waals surface area contributed by atoms with E-state index in [1.54, 1.807) is 0 Å². The number of halogens is 1. The summed E-state index contributed by atoms with van der Waals surface area (Å²) in [5, 5.41) is 18.4. The van der Waals surface area contributed by atoms with Crippen molar-refractivity contribution in [2.45, 2.75) is 24.2 Å². The van der Waals surface area contributed by atoms with E-state index in [2.05, 4.69) is 0 Å². The van der Waals surface area contributed by atoms with Gasteiger partial charge in [0.25, 0.3) is 0 Å². The van der Waals surface area contributed by atoms with Gasteiger partial charge in [-0.15, -0.1) is 0 Å². The lowest BCUT2D eigenvalue weighted by atomic mass is 9.97. The average molecular weight is 329 g/mol. The van der Waals surface area contributed by atoms with E-state index >= 15 is 0 Å². The third kappa shape index (κ3) is 3.55. The Morgan fingerprint density at radius 1 is 1.48 bits per heavy atom. The van der Waals surface area contributed by atoms with Crippen LogP contribution < -0.4 is 0 Å². The van der Waals surface area contributed by atoms with Crippen LogP contribution >= 0.6 is 11.6 Å². The Bertz CT molecular complexity index is 653. The molecule has 21 heavy (non-hydrogen) atoms. The lowest BCUT2D eigenvalue weighted by molar-refractivity contribution is 0.203. The van der Waals surface area contributed by atoms with E-state index in [0.717, 1.165) is 12.8 Å². The summed E-state index contributed by atoms with van der Waals surface area (Å²) in [5.41, 5.74) is 0.101. The van der Waals surface area contributed by atoms with E-state index < -0.39 is 10.0 Å². The number of sulfonamides is 1. The second-order valence-electron chi connectivity index (χ2n) is 5.14. The molecule has 114 valence electrons. The van der Waals surface area contributed by atoms with E-state index in [1.165, 1.54) is 22.5 Å². The van der Waals surface area contributed by atoms with Crippen molar-refractivity contribution >= 4 is 21.6 Å². The topological polar surface area (TPSA) is 81.4 Å². The molecule has 1 saturated heterocycles. The van der Waals surface area contributed by atoms with Crippen molar-refractivity contribution in [2.24, 2.45) is 5.92 Å². The van der Waals surface area contributed by atoms with Crippen LogP contribution in [0, 0.1) is 17.2 Å². The molecule has 0 amide bonds. The number of aliphatic hydroxyl groups is 1. The standard InChI is InChI=1S/C14H17ClN2O3S/c15-13-4-3-12(9-16)14(8-13)21(19,20)17-6-1-2-11(10-17)5-7-18/h3-4,8,11,18H,1-2,5-7,10H2. The maximum absolute atomic E-state index is 12.7. The maximum atomic E-state index is 12.7. The highest BCUT2D eigenvalue weighted by molar-refractivity contribution is 7.89. The predicted octanol–water partition coefficient (Wildman–Crippen LogP) is 1.99. The van der Waals surface area contributed by atoms with Gasteiger partial charge >= 0.3 is 0 Å². The maximum Gasteiger partial charge on any atom is 0.244 e. The number of aliphatic hydroxyl groups excluding tert-OH is 1. The molecule has 2 rings (SSSR count). The van der Waals surface area contributed by atoms with Gasteiger partial charge < -0.3 is 5.11 Å². The summed E-state index contributed by atoms with van der Waals surface area (Å²) < 4.78 is 26.8. The third-order valence-corrected chi connectivity index (χ3v) is 5.84. The Hall–Kier alpha value is -1.13. The molecule has 0 aliphatic carbocycles. The van der Waals surface area contributed by atoms with E-state index in [-0.39, 0.29) is 28.0 Å². The first kappa shape index (κ1) is 16.2. The highest BCUT2D eigenvalue weighted by Gasteiger charge is 2.31. The van der Waals surface area contributed by atoms with Crippen LogP contribution in [0.3, 0.4) is 0 Å². The van der Waals surface area contributed by atoms with Gasteiger partial charge in [-0.25, -0.2) is 8.42 Å². The molecule has 0 radical (unpaired) electrons. The Morgan fingerprint density at radius 2 is 2.24 bits per heavy atom. The number of piperidine rings is 1. The first-order valence-corrected chi connectivity index (χ1v) is 8.61. The molecule has 7 heteroatoms. The summed E-state index contributed by atoms with van der Waals surface area (Å²) in [6.07, 6.45) is 2.26. The molecule has 5 nitrogen and oxygen atoms in total. The summed E-state index contributed by atoms with van der Waals surface area (Å²) in [4.78, 5) is -0.0397.